The summed E-state index contributed by atoms with van der Waals surface area (Å²) in [6.07, 6.45) is 1.36. The normalized spacial score (nSPS) is 11.0. The molecule has 0 spiro atoms. The Hall–Kier alpha value is -3.62. The van der Waals surface area contributed by atoms with Gasteiger partial charge in [-0.3, -0.25) is 9.89 Å². The number of phenols is 1. The average Bonchev–Trinajstić information content (AvgIpc) is 3.32. The molecule has 0 bridgehead atoms. The van der Waals surface area contributed by atoms with E-state index in [9.17, 15) is 9.90 Å². The maximum Gasteiger partial charge on any atom is 0.289 e. The highest BCUT2D eigenvalue weighted by Gasteiger charge is 2.11. The summed E-state index contributed by atoms with van der Waals surface area (Å²) in [5.74, 6) is 0.288. The minimum absolute atomic E-state index is 0.0549. The minimum atomic E-state index is -0.459. The predicted molar refractivity (Wildman–Crippen MR) is 131 cm³/mol. The number of H-pyrrole nitrogens is 1. The Morgan fingerprint density at radius 3 is 2.73 bits per heavy atom. The van der Waals surface area contributed by atoms with Crippen molar-refractivity contribution >= 4 is 39.7 Å². The zero-order valence-corrected chi connectivity index (χ0v) is 19.5. The number of carbonyl (C=O) groups is 1. The maximum atomic E-state index is 12.3. The second-order valence-electron chi connectivity index (χ2n) is 6.97. The highest BCUT2D eigenvalue weighted by Crippen LogP contribution is 2.23. The van der Waals surface area contributed by atoms with Crippen molar-refractivity contribution in [2.24, 2.45) is 5.10 Å². The molecule has 4 rings (SSSR count). The van der Waals surface area contributed by atoms with E-state index in [1.54, 1.807) is 18.2 Å². The van der Waals surface area contributed by atoms with Gasteiger partial charge in [-0.15, -0.1) is 0 Å². The van der Waals surface area contributed by atoms with Crippen molar-refractivity contribution in [3.05, 3.63) is 99.1 Å². The van der Waals surface area contributed by atoms with Gasteiger partial charge in [0.25, 0.3) is 5.91 Å². The number of aromatic hydroxyl groups is 1. The van der Waals surface area contributed by atoms with Crippen LogP contribution in [0.3, 0.4) is 0 Å². The van der Waals surface area contributed by atoms with Crippen molar-refractivity contribution in [2.75, 3.05) is 0 Å². The second kappa shape index (κ2) is 10.3. The Morgan fingerprint density at radius 1 is 1.15 bits per heavy atom. The molecule has 0 saturated carbocycles. The SMILES string of the molecule is O=C(NN=Cc1cc(Br)ccc1O)c1cc(-c2ccc(OCc3ccccc3Cl)cc2)n[nH]1. The van der Waals surface area contributed by atoms with Gasteiger partial charge in [0.2, 0.25) is 0 Å². The van der Waals surface area contributed by atoms with E-state index in [4.69, 9.17) is 16.3 Å². The molecule has 0 aliphatic heterocycles. The van der Waals surface area contributed by atoms with Gasteiger partial charge in [-0.1, -0.05) is 45.7 Å². The van der Waals surface area contributed by atoms with Crippen molar-refractivity contribution in [1.82, 2.24) is 15.6 Å². The summed E-state index contributed by atoms with van der Waals surface area (Å²) in [5.41, 5.74) is 5.45. The van der Waals surface area contributed by atoms with Crippen LogP contribution in [0.1, 0.15) is 21.6 Å². The number of aromatic nitrogens is 2. The van der Waals surface area contributed by atoms with Gasteiger partial charge in [0.15, 0.2) is 0 Å². The molecule has 33 heavy (non-hydrogen) atoms. The summed E-state index contributed by atoms with van der Waals surface area (Å²) in [7, 11) is 0. The predicted octanol–water partition coefficient (Wildman–Crippen LogP) is 5.54. The summed E-state index contributed by atoms with van der Waals surface area (Å²) in [6, 6.07) is 21.4. The molecule has 9 heteroatoms. The molecular formula is C24H18BrClN4O3. The molecule has 4 aromatic rings. The monoisotopic (exact) mass is 524 g/mol. The van der Waals surface area contributed by atoms with E-state index >= 15 is 0 Å². The first-order valence-corrected chi connectivity index (χ1v) is 11.0. The number of phenolic OH excluding ortho intramolecular Hbond substituents is 1. The highest BCUT2D eigenvalue weighted by atomic mass is 79.9. The van der Waals surface area contributed by atoms with Gasteiger partial charge < -0.3 is 9.84 Å². The molecule has 0 aliphatic carbocycles. The second-order valence-corrected chi connectivity index (χ2v) is 8.30. The molecule has 0 saturated heterocycles. The number of hydrazone groups is 1. The lowest BCUT2D eigenvalue weighted by Gasteiger charge is -2.08. The third kappa shape index (κ3) is 5.79. The van der Waals surface area contributed by atoms with E-state index in [1.807, 2.05) is 48.5 Å². The first-order valence-electron chi connectivity index (χ1n) is 9.83. The maximum absolute atomic E-state index is 12.3. The number of ether oxygens (including phenoxy) is 1. The average molecular weight is 526 g/mol. The van der Waals surface area contributed by atoms with Crippen LogP contribution in [0.4, 0.5) is 0 Å². The number of carbonyl (C=O) groups excluding carboxylic acids is 1. The molecule has 3 aromatic carbocycles. The van der Waals surface area contributed by atoms with Gasteiger partial charge >= 0.3 is 0 Å². The van der Waals surface area contributed by atoms with Crippen molar-refractivity contribution in [2.45, 2.75) is 6.61 Å². The molecule has 0 fully saturated rings. The Kier molecular flexibility index (Phi) is 7.07. The molecule has 3 N–H and O–H groups in total. The Balaban J connectivity index is 1.36. The smallest absolute Gasteiger partial charge is 0.289 e. The van der Waals surface area contributed by atoms with E-state index in [-0.39, 0.29) is 11.4 Å². The molecule has 7 nitrogen and oxygen atoms in total. The third-order valence-electron chi connectivity index (χ3n) is 4.68. The van der Waals surface area contributed by atoms with Crippen LogP contribution in [0, 0.1) is 0 Å². The number of hydrogen-bond donors (Lipinski definition) is 3. The van der Waals surface area contributed by atoms with Gasteiger partial charge in [0.1, 0.15) is 23.8 Å². The van der Waals surface area contributed by atoms with Gasteiger partial charge in [-0.25, -0.2) is 5.43 Å². The number of hydrogen-bond acceptors (Lipinski definition) is 5. The van der Waals surface area contributed by atoms with Gasteiger partial charge in [-0.05, 0) is 54.6 Å². The highest BCUT2D eigenvalue weighted by molar-refractivity contribution is 9.10. The number of benzene rings is 3. The van der Waals surface area contributed by atoms with Gasteiger partial charge in [0.05, 0.1) is 11.9 Å². The van der Waals surface area contributed by atoms with Crippen LogP contribution in [-0.2, 0) is 6.61 Å². The van der Waals surface area contributed by atoms with Crippen LogP contribution in [0.2, 0.25) is 5.02 Å². The van der Waals surface area contributed by atoms with Crippen molar-refractivity contribution < 1.29 is 14.6 Å². The third-order valence-corrected chi connectivity index (χ3v) is 5.55. The van der Waals surface area contributed by atoms with Crippen LogP contribution in [0.25, 0.3) is 11.3 Å². The summed E-state index contributed by atoms with van der Waals surface area (Å²) in [4.78, 5) is 12.3. The molecule has 0 atom stereocenters. The van der Waals surface area contributed by atoms with Crippen LogP contribution in [0.5, 0.6) is 11.5 Å². The Labute approximate surface area is 203 Å². The Bertz CT molecular complexity index is 1310. The molecule has 0 radical (unpaired) electrons. The summed E-state index contributed by atoms with van der Waals surface area (Å²) < 4.78 is 6.57. The minimum Gasteiger partial charge on any atom is -0.507 e. The summed E-state index contributed by atoms with van der Waals surface area (Å²) in [6.45, 7) is 0.365. The molecular weight excluding hydrogens is 508 g/mol. The molecule has 1 heterocycles. The fourth-order valence-electron chi connectivity index (χ4n) is 2.93. The van der Waals surface area contributed by atoms with E-state index in [1.165, 1.54) is 12.3 Å². The number of amides is 1. The number of aromatic amines is 1. The van der Waals surface area contributed by atoms with E-state index in [0.717, 1.165) is 15.6 Å². The lowest BCUT2D eigenvalue weighted by atomic mass is 10.1. The number of halogens is 2. The quantitative estimate of drug-likeness (QED) is 0.218. The molecule has 0 unspecified atom stereocenters. The van der Waals surface area contributed by atoms with Crippen molar-refractivity contribution in [1.29, 1.82) is 0 Å². The van der Waals surface area contributed by atoms with Crippen LogP contribution < -0.4 is 10.2 Å². The lowest BCUT2D eigenvalue weighted by Crippen LogP contribution is -2.18. The number of nitrogens with one attached hydrogen (secondary N) is 2. The summed E-state index contributed by atoms with van der Waals surface area (Å²) >= 11 is 9.47. The van der Waals surface area contributed by atoms with Gasteiger partial charge in [0, 0.05) is 26.2 Å². The first kappa shape index (κ1) is 22.6. The van der Waals surface area contributed by atoms with Crippen LogP contribution in [0.15, 0.2) is 82.4 Å². The zero-order chi connectivity index (χ0) is 23.2. The van der Waals surface area contributed by atoms with Crippen LogP contribution >= 0.6 is 27.5 Å². The van der Waals surface area contributed by atoms with Crippen molar-refractivity contribution in [3.8, 4) is 22.8 Å². The lowest BCUT2D eigenvalue weighted by molar-refractivity contribution is 0.0950. The van der Waals surface area contributed by atoms with Crippen molar-refractivity contribution in [3.63, 3.8) is 0 Å². The van der Waals surface area contributed by atoms with E-state index < -0.39 is 5.91 Å². The number of rotatable bonds is 7. The summed E-state index contributed by atoms with van der Waals surface area (Å²) in [5, 5.41) is 21.3. The zero-order valence-electron chi connectivity index (χ0n) is 17.1. The topological polar surface area (TPSA) is 99.6 Å². The Morgan fingerprint density at radius 2 is 1.94 bits per heavy atom. The van der Waals surface area contributed by atoms with E-state index in [2.05, 4.69) is 36.7 Å². The largest absolute Gasteiger partial charge is 0.507 e. The van der Waals surface area contributed by atoms with Crippen LogP contribution in [-0.4, -0.2) is 27.4 Å². The first-order chi connectivity index (χ1) is 16.0. The molecule has 166 valence electrons. The molecule has 1 aromatic heterocycles. The fraction of sp³-hybridized carbons (Fsp3) is 0.0417. The van der Waals surface area contributed by atoms with Gasteiger partial charge in [-0.2, -0.15) is 10.2 Å². The molecule has 0 aliphatic rings. The van der Waals surface area contributed by atoms with E-state index in [0.29, 0.717) is 28.6 Å². The standard InChI is InChI=1S/C24H18BrClN4O3/c25-18-7-10-23(31)17(11-18)13-27-30-24(32)22-12-21(28-29-22)15-5-8-19(9-6-15)33-14-16-3-1-2-4-20(16)26/h1-13,31H,14H2,(H,28,29)(H,30,32). The number of nitrogens with zero attached hydrogens (tertiary/aromatic N) is 2. The molecule has 1 amide bonds. The fourth-order valence-corrected chi connectivity index (χ4v) is 3.50.